The Balaban J connectivity index is 2.17. The van der Waals surface area contributed by atoms with Gasteiger partial charge in [-0.2, -0.15) is 0 Å². The van der Waals surface area contributed by atoms with Gasteiger partial charge in [0.15, 0.2) is 0 Å². The fourth-order valence-electron chi connectivity index (χ4n) is 1.68. The summed E-state index contributed by atoms with van der Waals surface area (Å²) in [5.74, 6) is 0. The van der Waals surface area contributed by atoms with Crippen LogP contribution in [0.5, 0.6) is 0 Å². The van der Waals surface area contributed by atoms with Crippen molar-refractivity contribution in [3.05, 3.63) is 63.6 Å². The molecule has 106 valence electrons. The second kappa shape index (κ2) is 6.14. The molecule has 0 spiro atoms. The molecule has 0 bridgehead atoms. The van der Waals surface area contributed by atoms with Crippen molar-refractivity contribution in [2.75, 3.05) is 0 Å². The first-order valence-corrected chi connectivity index (χ1v) is 8.13. The smallest absolute Gasteiger partial charge is 0.207 e. The third kappa shape index (κ3) is 3.73. The van der Waals surface area contributed by atoms with Crippen molar-refractivity contribution >= 4 is 33.2 Å². The fourth-order valence-corrected chi connectivity index (χ4v) is 3.42. The maximum Gasteiger partial charge on any atom is 0.242 e. The van der Waals surface area contributed by atoms with Crippen molar-refractivity contribution in [1.29, 1.82) is 0 Å². The molecule has 0 unspecified atom stereocenters. The van der Waals surface area contributed by atoms with Gasteiger partial charge in [0, 0.05) is 11.6 Å². The lowest BCUT2D eigenvalue weighted by atomic mass is 10.2. The molecule has 1 N–H and O–H groups in total. The summed E-state index contributed by atoms with van der Waals surface area (Å²) in [7, 11) is -3.63. The predicted octanol–water partition coefficient (Wildman–Crippen LogP) is 3.78. The highest BCUT2D eigenvalue weighted by Gasteiger charge is 2.17. The van der Waals surface area contributed by atoms with Crippen molar-refractivity contribution in [1.82, 2.24) is 4.72 Å². The molecule has 20 heavy (non-hydrogen) atoms. The van der Waals surface area contributed by atoms with Crippen LogP contribution in [0.25, 0.3) is 0 Å². The monoisotopic (exact) mass is 329 g/mol. The van der Waals surface area contributed by atoms with Crippen LogP contribution >= 0.6 is 23.2 Å². The summed E-state index contributed by atoms with van der Waals surface area (Å²) < 4.78 is 26.9. The Morgan fingerprint density at radius 1 is 1.05 bits per heavy atom. The standard InChI is InChI=1S/C14H13Cl2NO2S/c1-10-2-7-14(13(16)8-10)20(18,19)17-9-11-3-5-12(15)6-4-11/h2-8,17H,9H2,1H3. The zero-order valence-electron chi connectivity index (χ0n) is 10.7. The van der Waals surface area contributed by atoms with Gasteiger partial charge in [-0.3, -0.25) is 0 Å². The molecule has 6 heteroatoms. The summed E-state index contributed by atoms with van der Waals surface area (Å²) in [6.45, 7) is 2.03. The van der Waals surface area contributed by atoms with Crippen LogP contribution in [0.2, 0.25) is 10.0 Å². The molecular weight excluding hydrogens is 317 g/mol. The molecule has 0 saturated heterocycles. The van der Waals surface area contributed by atoms with E-state index in [0.717, 1.165) is 11.1 Å². The Labute approximate surface area is 128 Å². The molecule has 3 nitrogen and oxygen atoms in total. The number of rotatable bonds is 4. The van der Waals surface area contributed by atoms with E-state index in [1.807, 2.05) is 6.92 Å². The number of nitrogens with one attached hydrogen (secondary N) is 1. The van der Waals surface area contributed by atoms with Crippen LogP contribution < -0.4 is 4.72 Å². The predicted molar refractivity (Wildman–Crippen MR) is 81.7 cm³/mol. The maximum absolute atomic E-state index is 12.2. The molecule has 0 aliphatic heterocycles. The van der Waals surface area contributed by atoms with E-state index in [1.165, 1.54) is 6.07 Å². The SMILES string of the molecule is Cc1ccc(S(=O)(=O)NCc2ccc(Cl)cc2)c(Cl)c1. The van der Waals surface area contributed by atoms with Gasteiger partial charge < -0.3 is 0 Å². The second-order valence-corrected chi connectivity index (χ2v) is 6.96. The minimum Gasteiger partial charge on any atom is -0.207 e. The molecule has 0 aliphatic rings. The summed E-state index contributed by atoms with van der Waals surface area (Å²) in [5.41, 5.74) is 1.73. The average Bonchev–Trinajstić information content (AvgIpc) is 2.37. The third-order valence-corrected chi connectivity index (χ3v) is 4.89. The second-order valence-electron chi connectivity index (χ2n) is 4.38. The van der Waals surface area contributed by atoms with Gasteiger partial charge in [0.2, 0.25) is 10.0 Å². The first kappa shape index (κ1) is 15.3. The van der Waals surface area contributed by atoms with E-state index in [9.17, 15) is 8.42 Å². The molecule has 0 atom stereocenters. The number of halogens is 2. The van der Waals surface area contributed by atoms with E-state index < -0.39 is 10.0 Å². The normalized spacial score (nSPS) is 11.6. The molecule has 0 fully saturated rings. The first-order valence-electron chi connectivity index (χ1n) is 5.89. The van der Waals surface area contributed by atoms with Gasteiger partial charge in [-0.25, -0.2) is 13.1 Å². The van der Waals surface area contributed by atoms with Crippen LogP contribution in [0.15, 0.2) is 47.4 Å². The zero-order valence-corrected chi connectivity index (χ0v) is 13.1. The van der Waals surface area contributed by atoms with E-state index in [2.05, 4.69) is 4.72 Å². The Bertz CT molecular complexity index is 712. The van der Waals surface area contributed by atoms with Gasteiger partial charge in [0.25, 0.3) is 0 Å². The Hall–Kier alpha value is -1.07. The summed E-state index contributed by atoms with van der Waals surface area (Å²) in [5, 5.41) is 0.826. The van der Waals surface area contributed by atoms with Crippen LogP contribution in [0.4, 0.5) is 0 Å². The van der Waals surface area contributed by atoms with Gasteiger partial charge >= 0.3 is 0 Å². The Kier molecular flexibility index (Phi) is 4.70. The van der Waals surface area contributed by atoms with Crippen molar-refractivity contribution < 1.29 is 8.42 Å². The van der Waals surface area contributed by atoms with Crippen molar-refractivity contribution in [2.24, 2.45) is 0 Å². The van der Waals surface area contributed by atoms with E-state index in [1.54, 1.807) is 36.4 Å². The fraction of sp³-hybridized carbons (Fsp3) is 0.143. The molecule has 2 aromatic rings. The quantitative estimate of drug-likeness (QED) is 0.927. The van der Waals surface area contributed by atoms with Gasteiger partial charge in [0.1, 0.15) is 4.90 Å². The highest BCUT2D eigenvalue weighted by molar-refractivity contribution is 7.89. The average molecular weight is 330 g/mol. The molecule has 2 rings (SSSR count). The van der Waals surface area contributed by atoms with Gasteiger partial charge in [-0.15, -0.1) is 0 Å². The zero-order chi connectivity index (χ0) is 14.8. The van der Waals surface area contributed by atoms with Crippen molar-refractivity contribution in [2.45, 2.75) is 18.4 Å². The molecule has 2 aromatic carbocycles. The molecule has 0 amide bonds. The lowest BCUT2D eigenvalue weighted by Crippen LogP contribution is -2.23. The minimum atomic E-state index is -3.63. The number of hydrogen-bond acceptors (Lipinski definition) is 2. The number of hydrogen-bond donors (Lipinski definition) is 1. The number of sulfonamides is 1. The molecule has 0 heterocycles. The lowest BCUT2D eigenvalue weighted by Gasteiger charge is -2.09. The highest BCUT2D eigenvalue weighted by Crippen LogP contribution is 2.22. The van der Waals surface area contributed by atoms with Gasteiger partial charge in [-0.1, -0.05) is 41.4 Å². The summed E-state index contributed by atoms with van der Waals surface area (Å²) in [4.78, 5) is 0.0822. The summed E-state index contributed by atoms with van der Waals surface area (Å²) in [6, 6.07) is 11.8. The van der Waals surface area contributed by atoms with Crippen molar-refractivity contribution in [3.8, 4) is 0 Å². The number of benzene rings is 2. The molecule has 0 saturated carbocycles. The van der Waals surface area contributed by atoms with Gasteiger partial charge in [0.05, 0.1) is 5.02 Å². The van der Waals surface area contributed by atoms with Crippen LogP contribution in [-0.2, 0) is 16.6 Å². The molecule has 0 aromatic heterocycles. The van der Waals surface area contributed by atoms with Crippen LogP contribution in [0.1, 0.15) is 11.1 Å². The highest BCUT2D eigenvalue weighted by atomic mass is 35.5. The molecule has 0 aliphatic carbocycles. The third-order valence-electron chi connectivity index (χ3n) is 2.76. The minimum absolute atomic E-state index is 0.0822. The van der Waals surface area contributed by atoms with Crippen LogP contribution in [-0.4, -0.2) is 8.42 Å². The summed E-state index contributed by atoms with van der Waals surface area (Å²) >= 11 is 11.8. The lowest BCUT2D eigenvalue weighted by molar-refractivity contribution is 0.581. The summed E-state index contributed by atoms with van der Waals surface area (Å²) in [6.07, 6.45) is 0. The Morgan fingerprint density at radius 3 is 2.30 bits per heavy atom. The maximum atomic E-state index is 12.2. The van der Waals surface area contributed by atoms with E-state index in [0.29, 0.717) is 5.02 Å². The largest absolute Gasteiger partial charge is 0.242 e. The van der Waals surface area contributed by atoms with Crippen molar-refractivity contribution in [3.63, 3.8) is 0 Å². The number of aryl methyl sites for hydroxylation is 1. The van der Waals surface area contributed by atoms with Crippen LogP contribution in [0, 0.1) is 6.92 Å². The Morgan fingerprint density at radius 2 is 1.70 bits per heavy atom. The van der Waals surface area contributed by atoms with E-state index in [-0.39, 0.29) is 16.5 Å². The first-order chi connectivity index (χ1) is 9.38. The van der Waals surface area contributed by atoms with E-state index in [4.69, 9.17) is 23.2 Å². The van der Waals surface area contributed by atoms with E-state index >= 15 is 0 Å². The van der Waals surface area contributed by atoms with Crippen LogP contribution in [0.3, 0.4) is 0 Å². The van der Waals surface area contributed by atoms with Gasteiger partial charge in [-0.05, 0) is 42.3 Å². The molecule has 0 radical (unpaired) electrons. The molecular formula is C14H13Cl2NO2S. The topological polar surface area (TPSA) is 46.2 Å².